The van der Waals surface area contributed by atoms with Gasteiger partial charge in [-0.15, -0.1) is 0 Å². The molecule has 1 atom stereocenters. The normalized spacial score (nSPS) is 15.9. The average Bonchev–Trinajstić information content (AvgIpc) is 3.29. The van der Waals surface area contributed by atoms with Crippen LogP contribution in [0.1, 0.15) is 41.6 Å². The van der Waals surface area contributed by atoms with Crippen molar-refractivity contribution in [1.29, 1.82) is 0 Å². The summed E-state index contributed by atoms with van der Waals surface area (Å²) < 4.78 is 18.3. The first-order valence-electron chi connectivity index (χ1n) is 13.2. The van der Waals surface area contributed by atoms with Gasteiger partial charge in [-0.2, -0.15) is 0 Å². The quantitative estimate of drug-likeness (QED) is 0.320. The van der Waals surface area contributed by atoms with Crippen LogP contribution in [0.15, 0.2) is 88.2 Å². The Morgan fingerprint density at radius 1 is 1.02 bits per heavy atom. The Balaban J connectivity index is 1.48. The van der Waals surface area contributed by atoms with Crippen LogP contribution in [0, 0.1) is 0 Å². The molecule has 202 valence electrons. The smallest absolute Gasteiger partial charge is 0.343 e. The molecule has 0 saturated carbocycles. The van der Waals surface area contributed by atoms with E-state index in [0.29, 0.717) is 21.7 Å². The number of rotatable bonds is 7. The van der Waals surface area contributed by atoms with Crippen molar-refractivity contribution in [2.75, 3.05) is 20.3 Å². The predicted molar refractivity (Wildman–Crippen MR) is 154 cm³/mol. The number of carbonyl (C=O) groups is 1. The number of ether oxygens (including phenoxy) is 3. The Bertz CT molecular complexity index is 1800. The number of thiazole rings is 1. The maximum atomic E-state index is 14.0. The molecule has 7 nitrogen and oxygen atoms in total. The van der Waals surface area contributed by atoms with Gasteiger partial charge in [-0.3, -0.25) is 9.36 Å². The van der Waals surface area contributed by atoms with E-state index in [0.717, 1.165) is 46.6 Å². The third-order valence-electron chi connectivity index (χ3n) is 7.12. The number of methoxy groups -OCH3 is 1. The zero-order chi connectivity index (χ0) is 27.6. The summed E-state index contributed by atoms with van der Waals surface area (Å²) in [5, 5.41) is 0. The molecule has 0 amide bonds. The van der Waals surface area contributed by atoms with E-state index < -0.39 is 5.97 Å². The number of allylic oxidation sites excluding steroid dienone is 1. The highest BCUT2D eigenvalue weighted by Gasteiger charge is 2.32. The van der Waals surface area contributed by atoms with Gasteiger partial charge in [-0.1, -0.05) is 59.9 Å². The number of aryl methyl sites for hydroxylation is 1. The largest absolute Gasteiger partial charge is 0.494 e. The van der Waals surface area contributed by atoms with E-state index >= 15 is 0 Å². The highest BCUT2D eigenvalue weighted by molar-refractivity contribution is 7.07. The van der Waals surface area contributed by atoms with Gasteiger partial charge < -0.3 is 14.2 Å². The molecule has 4 aromatic rings. The average molecular weight is 553 g/mol. The van der Waals surface area contributed by atoms with Crippen molar-refractivity contribution >= 4 is 29.1 Å². The molecule has 2 heterocycles. The van der Waals surface area contributed by atoms with E-state index in [1.54, 1.807) is 12.1 Å². The summed E-state index contributed by atoms with van der Waals surface area (Å²) in [4.78, 5) is 31.2. The van der Waals surface area contributed by atoms with E-state index in [4.69, 9.17) is 14.5 Å². The molecule has 0 spiro atoms. The fraction of sp³-hybridized carbons (Fsp3) is 0.219. The molecule has 1 aliphatic heterocycles. The molecule has 0 saturated heterocycles. The maximum Gasteiger partial charge on any atom is 0.343 e. The van der Waals surface area contributed by atoms with Gasteiger partial charge in [-0.05, 0) is 72.4 Å². The number of fused-ring (bicyclic) bond motifs is 3. The van der Waals surface area contributed by atoms with Crippen molar-refractivity contribution in [3.8, 4) is 11.5 Å². The van der Waals surface area contributed by atoms with E-state index in [-0.39, 0.29) is 18.2 Å². The molecular formula is C32H28N2O5S. The Hall–Kier alpha value is -4.43. The van der Waals surface area contributed by atoms with Gasteiger partial charge in [0.1, 0.15) is 11.5 Å². The van der Waals surface area contributed by atoms with Gasteiger partial charge in [0.2, 0.25) is 0 Å². The number of benzene rings is 3. The number of hydrogen-bond donors (Lipinski definition) is 0. The van der Waals surface area contributed by atoms with Gasteiger partial charge in [-0.25, -0.2) is 9.79 Å². The first-order chi connectivity index (χ1) is 19.6. The van der Waals surface area contributed by atoms with Gasteiger partial charge in [0.15, 0.2) is 11.4 Å². The van der Waals surface area contributed by atoms with Crippen molar-refractivity contribution in [2.24, 2.45) is 4.99 Å². The molecule has 40 heavy (non-hydrogen) atoms. The lowest BCUT2D eigenvalue weighted by Gasteiger charge is -2.30. The lowest BCUT2D eigenvalue weighted by molar-refractivity contribution is -0.142. The third-order valence-corrected chi connectivity index (χ3v) is 8.10. The Morgan fingerprint density at radius 3 is 2.65 bits per heavy atom. The highest BCUT2D eigenvalue weighted by atomic mass is 32.1. The SMILES string of the molecule is CCOc1ccc(C2C3=C(N=c4sc(=Cc5cccc(OCC(=O)OC)c5)c(=O)n42)c2ccccc2CC3)cc1. The second-order valence-corrected chi connectivity index (χ2v) is 10.6. The summed E-state index contributed by atoms with van der Waals surface area (Å²) in [7, 11) is 1.32. The number of aromatic nitrogens is 1. The predicted octanol–water partition coefficient (Wildman–Crippen LogP) is 4.27. The molecule has 0 fully saturated rings. The number of hydrogen-bond acceptors (Lipinski definition) is 7. The molecule has 6 rings (SSSR count). The molecule has 2 aliphatic rings. The monoisotopic (exact) mass is 552 g/mol. The molecule has 1 aromatic heterocycles. The molecule has 1 aliphatic carbocycles. The van der Waals surface area contributed by atoms with Crippen LogP contribution in [0.25, 0.3) is 11.8 Å². The van der Waals surface area contributed by atoms with Crippen LogP contribution in [0.2, 0.25) is 0 Å². The van der Waals surface area contributed by atoms with Crippen LogP contribution < -0.4 is 24.4 Å². The number of esters is 1. The van der Waals surface area contributed by atoms with Gasteiger partial charge in [0.05, 0.1) is 30.0 Å². The second kappa shape index (κ2) is 11.0. The summed E-state index contributed by atoms with van der Waals surface area (Å²) in [6, 6.07) is 23.4. The molecule has 0 radical (unpaired) electrons. The van der Waals surface area contributed by atoms with Crippen molar-refractivity contribution < 1.29 is 19.0 Å². The standard InChI is InChI=1S/C32H28N2O5S/c1-3-38-23-14-11-22(12-15-23)30-26-16-13-21-8-4-5-10-25(21)29(26)33-32-34(30)31(36)27(40-32)18-20-7-6-9-24(17-20)39-19-28(35)37-2/h4-12,14-15,17-18,30H,3,13,16,19H2,1-2H3. The molecule has 3 aromatic carbocycles. The molecule has 1 unspecified atom stereocenters. The summed E-state index contributed by atoms with van der Waals surface area (Å²) in [6.07, 6.45) is 3.58. The Kier molecular flexibility index (Phi) is 7.09. The minimum absolute atomic E-state index is 0.0890. The minimum Gasteiger partial charge on any atom is -0.494 e. The number of nitrogens with zero attached hydrogens (tertiary/aromatic N) is 2. The summed E-state index contributed by atoms with van der Waals surface area (Å²) in [5.41, 5.74) is 6.25. The fourth-order valence-electron chi connectivity index (χ4n) is 5.28. The Labute approximate surface area is 235 Å². The van der Waals surface area contributed by atoms with Crippen molar-refractivity contribution in [2.45, 2.75) is 25.8 Å². The maximum absolute atomic E-state index is 14.0. The Morgan fingerprint density at radius 2 is 1.85 bits per heavy atom. The van der Waals surface area contributed by atoms with E-state index in [2.05, 4.69) is 22.9 Å². The van der Waals surface area contributed by atoms with Crippen LogP contribution >= 0.6 is 11.3 Å². The highest BCUT2D eigenvalue weighted by Crippen LogP contribution is 2.41. The topological polar surface area (TPSA) is 79.1 Å². The van der Waals surface area contributed by atoms with Crippen LogP contribution in [-0.4, -0.2) is 30.9 Å². The van der Waals surface area contributed by atoms with Gasteiger partial charge in [0, 0.05) is 5.56 Å². The lowest BCUT2D eigenvalue weighted by atomic mass is 9.83. The van der Waals surface area contributed by atoms with E-state index in [1.807, 2.05) is 60.0 Å². The molecule has 8 heteroatoms. The van der Waals surface area contributed by atoms with Crippen molar-refractivity contribution in [1.82, 2.24) is 4.57 Å². The number of carbonyl (C=O) groups excluding carboxylic acids is 1. The van der Waals surface area contributed by atoms with Crippen molar-refractivity contribution in [3.05, 3.63) is 120 Å². The van der Waals surface area contributed by atoms with E-state index in [1.165, 1.54) is 24.0 Å². The molecular weight excluding hydrogens is 524 g/mol. The lowest BCUT2D eigenvalue weighted by Crippen LogP contribution is -2.38. The molecule has 0 bridgehead atoms. The van der Waals surface area contributed by atoms with Crippen molar-refractivity contribution in [3.63, 3.8) is 0 Å². The van der Waals surface area contributed by atoms with Crippen LogP contribution in [0.5, 0.6) is 11.5 Å². The van der Waals surface area contributed by atoms with Crippen LogP contribution in [-0.2, 0) is 16.0 Å². The van der Waals surface area contributed by atoms with Crippen LogP contribution in [0.4, 0.5) is 0 Å². The summed E-state index contributed by atoms with van der Waals surface area (Å²) in [5.74, 6) is 0.862. The summed E-state index contributed by atoms with van der Waals surface area (Å²) >= 11 is 1.38. The van der Waals surface area contributed by atoms with E-state index in [9.17, 15) is 9.59 Å². The fourth-order valence-corrected chi connectivity index (χ4v) is 6.28. The first kappa shape index (κ1) is 25.8. The zero-order valence-corrected chi connectivity index (χ0v) is 23.1. The van der Waals surface area contributed by atoms with Gasteiger partial charge in [0.25, 0.3) is 5.56 Å². The minimum atomic E-state index is -0.460. The summed E-state index contributed by atoms with van der Waals surface area (Å²) in [6.45, 7) is 2.37. The zero-order valence-electron chi connectivity index (χ0n) is 22.3. The van der Waals surface area contributed by atoms with Crippen LogP contribution in [0.3, 0.4) is 0 Å². The molecule has 0 N–H and O–H groups in total. The first-order valence-corrected chi connectivity index (χ1v) is 14.0. The third kappa shape index (κ3) is 4.86. The second-order valence-electron chi connectivity index (χ2n) is 9.55. The van der Waals surface area contributed by atoms with Gasteiger partial charge >= 0.3 is 5.97 Å².